The van der Waals surface area contributed by atoms with Crippen molar-refractivity contribution in [2.24, 2.45) is 7.05 Å². The van der Waals surface area contributed by atoms with Crippen LogP contribution in [0, 0.1) is 0 Å². The van der Waals surface area contributed by atoms with Gasteiger partial charge < -0.3 is 10.6 Å². The van der Waals surface area contributed by atoms with Gasteiger partial charge in [0.25, 0.3) is 5.91 Å². The van der Waals surface area contributed by atoms with Gasteiger partial charge in [0.1, 0.15) is 5.82 Å². The van der Waals surface area contributed by atoms with Crippen molar-refractivity contribution in [3.8, 4) is 0 Å². The summed E-state index contributed by atoms with van der Waals surface area (Å²) < 4.78 is 2.63. The van der Waals surface area contributed by atoms with E-state index in [0.29, 0.717) is 5.56 Å². The molecule has 2 aromatic rings. The summed E-state index contributed by atoms with van der Waals surface area (Å²) in [5.74, 6) is 0.653. The molecular formula is C14H15BrN4O. The van der Waals surface area contributed by atoms with E-state index in [-0.39, 0.29) is 5.91 Å². The van der Waals surface area contributed by atoms with Gasteiger partial charge in [0.2, 0.25) is 0 Å². The lowest BCUT2D eigenvalue weighted by atomic mass is 10.1. The average molecular weight is 335 g/mol. The van der Waals surface area contributed by atoms with Gasteiger partial charge in [-0.3, -0.25) is 9.48 Å². The van der Waals surface area contributed by atoms with Crippen LogP contribution in [-0.4, -0.2) is 22.2 Å². The minimum absolute atomic E-state index is 0.123. The highest BCUT2D eigenvalue weighted by Gasteiger charge is 2.20. The van der Waals surface area contributed by atoms with Gasteiger partial charge in [-0.15, -0.1) is 0 Å². The van der Waals surface area contributed by atoms with Crippen molar-refractivity contribution in [1.29, 1.82) is 0 Å². The average Bonchev–Trinajstić information content (AvgIpc) is 2.75. The molecule has 1 amide bonds. The van der Waals surface area contributed by atoms with Gasteiger partial charge in [0.15, 0.2) is 0 Å². The summed E-state index contributed by atoms with van der Waals surface area (Å²) in [6.45, 7) is 1.68. The quantitative estimate of drug-likeness (QED) is 0.883. The van der Waals surface area contributed by atoms with Crippen LogP contribution in [0.2, 0.25) is 0 Å². The molecule has 2 N–H and O–H groups in total. The molecule has 0 saturated carbocycles. The van der Waals surface area contributed by atoms with Crippen LogP contribution in [0.4, 0.5) is 5.82 Å². The molecule has 0 fully saturated rings. The molecule has 3 rings (SSSR count). The molecular weight excluding hydrogens is 320 g/mol. The standard InChI is InChI=1S/C14H15BrN4O/c1-19-13(11-8-16-6-5-12(11)18-19)17-14(20)9-3-2-4-10(15)7-9/h2-4,7,16H,5-6,8H2,1H3,(H,17,20). The number of aryl methyl sites for hydroxylation is 1. The number of nitrogens with zero attached hydrogens (tertiary/aromatic N) is 2. The lowest BCUT2D eigenvalue weighted by molar-refractivity contribution is 0.102. The second-order valence-corrected chi connectivity index (χ2v) is 5.70. The van der Waals surface area contributed by atoms with Crippen molar-refractivity contribution in [2.45, 2.75) is 13.0 Å². The Morgan fingerprint density at radius 3 is 3.15 bits per heavy atom. The lowest BCUT2D eigenvalue weighted by Crippen LogP contribution is -2.24. The fourth-order valence-electron chi connectivity index (χ4n) is 2.40. The van der Waals surface area contributed by atoms with Crippen LogP contribution in [0.3, 0.4) is 0 Å². The van der Waals surface area contributed by atoms with E-state index in [1.165, 1.54) is 0 Å². The first-order valence-electron chi connectivity index (χ1n) is 6.47. The summed E-state index contributed by atoms with van der Waals surface area (Å²) in [5, 5.41) is 10.7. The first-order valence-corrected chi connectivity index (χ1v) is 7.27. The Labute approximate surface area is 125 Å². The van der Waals surface area contributed by atoms with Gasteiger partial charge in [-0.05, 0) is 18.2 Å². The normalized spacial score (nSPS) is 13.9. The van der Waals surface area contributed by atoms with E-state index < -0.39 is 0 Å². The van der Waals surface area contributed by atoms with E-state index in [4.69, 9.17) is 0 Å². The maximum atomic E-state index is 12.3. The molecule has 0 radical (unpaired) electrons. The molecule has 0 saturated heterocycles. The molecule has 0 spiro atoms. The number of anilines is 1. The third kappa shape index (κ3) is 2.48. The Morgan fingerprint density at radius 2 is 2.35 bits per heavy atom. The Kier molecular flexibility index (Phi) is 3.58. The molecule has 1 aliphatic heterocycles. The van der Waals surface area contributed by atoms with E-state index in [2.05, 4.69) is 31.7 Å². The van der Waals surface area contributed by atoms with Crippen LogP contribution < -0.4 is 10.6 Å². The summed E-state index contributed by atoms with van der Waals surface area (Å²) >= 11 is 3.38. The van der Waals surface area contributed by atoms with Crippen molar-refractivity contribution in [3.63, 3.8) is 0 Å². The largest absolute Gasteiger partial charge is 0.312 e. The molecule has 20 heavy (non-hydrogen) atoms. The zero-order chi connectivity index (χ0) is 14.1. The van der Waals surface area contributed by atoms with Crippen molar-refractivity contribution < 1.29 is 4.79 Å². The van der Waals surface area contributed by atoms with Crippen LogP contribution in [0.25, 0.3) is 0 Å². The zero-order valence-electron chi connectivity index (χ0n) is 11.1. The number of fused-ring (bicyclic) bond motifs is 1. The van der Waals surface area contributed by atoms with Gasteiger partial charge in [-0.2, -0.15) is 5.10 Å². The first kappa shape index (κ1) is 13.3. The second kappa shape index (κ2) is 5.38. The Balaban J connectivity index is 1.88. The van der Waals surface area contributed by atoms with Crippen LogP contribution in [0.5, 0.6) is 0 Å². The zero-order valence-corrected chi connectivity index (χ0v) is 12.7. The summed E-state index contributed by atoms with van der Waals surface area (Å²) in [7, 11) is 1.86. The number of nitrogens with one attached hydrogen (secondary N) is 2. The topological polar surface area (TPSA) is 59.0 Å². The Morgan fingerprint density at radius 1 is 1.50 bits per heavy atom. The summed E-state index contributed by atoms with van der Waals surface area (Å²) in [4.78, 5) is 12.3. The molecule has 1 aromatic heterocycles. The highest BCUT2D eigenvalue weighted by atomic mass is 79.9. The molecule has 0 atom stereocenters. The smallest absolute Gasteiger partial charge is 0.256 e. The molecule has 1 aromatic carbocycles. The maximum Gasteiger partial charge on any atom is 0.256 e. The molecule has 2 heterocycles. The number of aromatic nitrogens is 2. The van der Waals surface area contributed by atoms with Gasteiger partial charge in [0.05, 0.1) is 5.69 Å². The number of halogens is 1. The number of benzene rings is 1. The number of carbonyl (C=O) groups is 1. The number of rotatable bonds is 2. The fourth-order valence-corrected chi connectivity index (χ4v) is 2.80. The van der Waals surface area contributed by atoms with Gasteiger partial charge in [-0.25, -0.2) is 0 Å². The van der Waals surface area contributed by atoms with Gasteiger partial charge >= 0.3 is 0 Å². The maximum absolute atomic E-state index is 12.3. The first-order chi connectivity index (χ1) is 9.65. The SMILES string of the molecule is Cn1nc2c(c1NC(=O)c1cccc(Br)c1)CNCC2. The van der Waals surface area contributed by atoms with Crippen LogP contribution in [-0.2, 0) is 20.0 Å². The van der Waals surface area contributed by atoms with Gasteiger partial charge in [-0.1, -0.05) is 22.0 Å². The Bertz CT molecular complexity index is 665. The lowest BCUT2D eigenvalue weighted by Gasteiger charge is -2.13. The highest BCUT2D eigenvalue weighted by Crippen LogP contribution is 2.23. The summed E-state index contributed by atoms with van der Waals surface area (Å²) in [5.41, 5.74) is 2.77. The number of amides is 1. The summed E-state index contributed by atoms with van der Waals surface area (Å²) in [6.07, 6.45) is 0.899. The third-order valence-corrected chi connectivity index (χ3v) is 3.88. The van der Waals surface area contributed by atoms with Crippen LogP contribution in [0.15, 0.2) is 28.7 Å². The number of hydrogen-bond donors (Lipinski definition) is 2. The second-order valence-electron chi connectivity index (χ2n) is 4.79. The predicted molar refractivity (Wildman–Crippen MR) is 80.7 cm³/mol. The number of hydrogen-bond acceptors (Lipinski definition) is 3. The highest BCUT2D eigenvalue weighted by molar-refractivity contribution is 9.10. The van der Waals surface area contributed by atoms with Crippen LogP contribution in [0.1, 0.15) is 21.6 Å². The molecule has 104 valence electrons. The molecule has 1 aliphatic rings. The van der Waals surface area contributed by atoms with Crippen molar-refractivity contribution in [2.75, 3.05) is 11.9 Å². The third-order valence-electron chi connectivity index (χ3n) is 3.39. The van der Waals surface area contributed by atoms with E-state index in [9.17, 15) is 4.79 Å². The predicted octanol–water partition coefficient (Wildman–Crippen LogP) is 2.08. The van der Waals surface area contributed by atoms with E-state index in [1.807, 2.05) is 19.2 Å². The van der Waals surface area contributed by atoms with Crippen molar-refractivity contribution in [1.82, 2.24) is 15.1 Å². The molecule has 0 unspecified atom stereocenters. The fraction of sp³-hybridized carbons (Fsp3) is 0.286. The molecule has 0 bridgehead atoms. The number of carbonyl (C=O) groups excluding carboxylic acids is 1. The van der Waals surface area contributed by atoms with Gasteiger partial charge in [0, 0.05) is 42.2 Å². The summed E-state index contributed by atoms with van der Waals surface area (Å²) in [6, 6.07) is 7.34. The monoisotopic (exact) mass is 334 g/mol. The minimum Gasteiger partial charge on any atom is -0.312 e. The molecule has 5 nitrogen and oxygen atoms in total. The van der Waals surface area contributed by atoms with E-state index >= 15 is 0 Å². The molecule has 6 heteroatoms. The Hall–Kier alpha value is -1.66. The van der Waals surface area contributed by atoms with Crippen molar-refractivity contribution >= 4 is 27.7 Å². The van der Waals surface area contributed by atoms with Crippen molar-refractivity contribution in [3.05, 3.63) is 45.6 Å². The minimum atomic E-state index is -0.123. The van der Waals surface area contributed by atoms with Crippen LogP contribution >= 0.6 is 15.9 Å². The molecule has 0 aliphatic carbocycles. The van der Waals surface area contributed by atoms with E-state index in [0.717, 1.165) is 41.1 Å². The van der Waals surface area contributed by atoms with E-state index in [1.54, 1.807) is 16.8 Å².